The van der Waals surface area contributed by atoms with E-state index in [0.29, 0.717) is 18.4 Å². The monoisotopic (exact) mass is 455 g/mol. The molecule has 0 radical (unpaired) electrons. The number of halogens is 3. The first-order chi connectivity index (χ1) is 14.5. The van der Waals surface area contributed by atoms with Crippen LogP contribution in [0.5, 0.6) is 0 Å². The van der Waals surface area contributed by atoms with Crippen LogP contribution in [0.25, 0.3) is 0 Å². The predicted octanol–water partition coefficient (Wildman–Crippen LogP) is 6.83. The van der Waals surface area contributed by atoms with Gasteiger partial charge in [-0.2, -0.15) is 13.2 Å². The maximum Gasteiger partial charge on any atom is 0.416 e. The summed E-state index contributed by atoms with van der Waals surface area (Å²) in [5, 5.41) is 9.50. The first-order valence-corrected chi connectivity index (χ1v) is 15.3. The topological polar surface area (TPSA) is 40.5 Å². The maximum atomic E-state index is 13.1. The number of rotatable bonds is 7. The highest BCUT2D eigenvalue weighted by atomic mass is 28.3. The first kappa shape index (κ1) is 24.3. The van der Waals surface area contributed by atoms with Crippen LogP contribution in [0.15, 0.2) is 24.3 Å². The third-order valence-electron chi connectivity index (χ3n) is 7.14. The fourth-order valence-electron chi connectivity index (χ4n) is 5.72. The fraction of sp³-hybridized carbons (Fsp3) is 0.708. The minimum atomic E-state index is -4.34. The van der Waals surface area contributed by atoms with Gasteiger partial charge < -0.3 is 5.11 Å². The molecule has 1 aromatic rings. The summed E-state index contributed by atoms with van der Waals surface area (Å²) in [4.78, 5) is 14.1. The van der Waals surface area contributed by atoms with Gasteiger partial charge in [-0.3, -0.25) is 9.69 Å². The van der Waals surface area contributed by atoms with Gasteiger partial charge in [-0.25, -0.2) is 0 Å². The molecule has 1 aromatic carbocycles. The van der Waals surface area contributed by atoms with Crippen molar-refractivity contribution in [3.05, 3.63) is 35.4 Å². The second kappa shape index (κ2) is 9.65. The van der Waals surface area contributed by atoms with Crippen molar-refractivity contribution >= 4 is 14.0 Å². The van der Waals surface area contributed by atoms with E-state index >= 15 is 0 Å². The molecule has 0 amide bonds. The summed E-state index contributed by atoms with van der Waals surface area (Å²) in [7, 11) is -1.18. The Labute approximate surface area is 185 Å². The number of likely N-dealkylation sites (tertiary alicyclic amines) is 1. The molecule has 0 bridgehead atoms. The molecule has 1 aliphatic carbocycles. The summed E-state index contributed by atoms with van der Waals surface area (Å²) in [6.07, 6.45) is 2.03. The van der Waals surface area contributed by atoms with Crippen LogP contribution in [0.1, 0.15) is 62.1 Å². The zero-order valence-electron chi connectivity index (χ0n) is 18.9. The molecule has 2 fully saturated rings. The lowest BCUT2D eigenvalue weighted by atomic mass is 9.68. The van der Waals surface area contributed by atoms with Crippen molar-refractivity contribution in [1.82, 2.24) is 4.90 Å². The number of benzene rings is 1. The molecule has 3 nitrogen and oxygen atoms in total. The second-order valence-corrected chi connectivity index (χ2v) is 16.3. The van der Waals surface area contributed by atoms with E-state index in [1.54, 1.807) is 12.1 Å². The Kier molecular flexibility index (Phi) is 7.57. The molecule has 1 N–H and O–H groups in total. The lowest BCUT2D eigenvalue weighted by Crippen LogP contribution is -2.52. The van der Waals surface area contributed by atoms with Gasteiger partial charge in [0.2, 0.25) is 0 Å². The number of nitrogens with zero attached hydrogens (tertiary/aromatic N) is 1. The average molecular weight is 456 g/mol. The number of hydrogen-bond acceptors (Lipinski definition) is 2. The van der Waals surface area contributed by atoms with Crippen LogP contribution in [0, 0.1) is 11.8 Å². The molecule has 174 valence electrons. The van der Waals surface area contributed by atoms with Gasteiger partial charge in [0.15, 0.2) is 0 Å². The minimum absolute atomic E-state index is 0.00683. The molecule has 1 heterocycles. The molecule has 1 aliphatic heterocycles. The van der Waals surface area contributed by atoms with Crippen LogP contribution < -0.4 is 0 Å². The van der Waals surface area contributed by atoms with Crippen molar-refractivity contribution in [2.24, 2.45) is 11.8 Å². The average Bonchev–Trinajstić information content (AvgIpc) is 2.67. The fourth-order valence-corrected chi connectivity index (χ4v) is 6.94. The van der Waals surface area contributed by atoms with E-state index < -0.39 is 25.8 Å². The maximum absolute atomic E-state index is 13.1. The lowest BCUT2D eigenvalue weighted by molar-refractivity contribution is -0.141. The van der Waals surface area contributed by atoms with E-state index in [-0.39, 0.29) is 18.4 Å². The normalized spacial score (nSPS) is 27.7. The molecule has 0 aromatic heterocycles. The Bertz CT molecular complexity index is 745. The van der Waals surface area contributed by atoms with Crippen LogP contribution in [-0.4, -0.2) is 36.6 Å². The highest BCUT2D eigenvalue weighted by molar-refractivity contribution is 6.76. The number of fused-ring (bicyclic) bond motifs is 1. The van der Waals surface area contributed by atoms with Crippen molar-refractivity contribution in [1.29, 1.82) is 0 Å². The van der Waals surface area contributed by atoms with Gasteiger partial charge in [0.25, 0.3) is 0 Å². The molecule has 31 heavy (non-hydrogen) atoms. The largest absolute Gasteiger partial charge is 0.481 e. The quantitative estimate of drug-likeness (QED) is 0.458. The van der Waals surface area contributed by atoms with Gasteiger partial charge >= 0.3 is 12.1 Å². The first-order valence-electron chi connectivity index (χ1n) is 11.6. The Hall–Kier alpha value is -1.34. The number of aliphatic carboxylic acids is 1. The SMILES string of the molecule is C[Si](C)(C)CCCN1[C@H](c2ccc(C(F)(F)F)cc2)C[C@H](CC(=O)O)[C@@H]2CCCC[C@@H]21. The molecule has 2 aliphatic rings. The number of carbonyl (C=O) groups is 1. The second-order valence-electron chi connectivity index (χ2n) is 10.6. The number of piperidine rings is 1. The van der Waals surface area contributed by atoms with E-state index in [0.717, 1.165) is 44.2 Å². The zero-order chi connectivity index (χ0) is 22.8. The van der Waals surface area contributed by atoms with Crippen LogP contribution >= 0.6 is 0 Å². The van der Waals surface area contributed by atoms with Gasteiger partial charge in [0.05, 0.1) is 5.56 Å². The Balaban J connectivity index is 1.89. The molecule has 0 spiro atoms. The molecular weight excluding hydrogens is 419 g/mol. The van der Waals surface area contributed by atoms with Crippen molar-refractivity contribution < 1.29 is 23.1 Å². The van der Waals surface area contributed by atoms with E-state index in [4.69, 9.17) is 0 Å². The van der Waals surface area contributed by atoms with Gasteiger partial charge in [0.1, 0.15) is 0 Å². The summed E-state index contributed by atoms with van der Waals surface area (Å²) in [6.45, 7) is 8.03. The third-order valence-corrected chi connectivity index (χ3v) is 9.00. The van der Waals surface area contributed by atoms with E-state index in [2.05, 4.69) is 24.5 Å². The summed E-state index contributed by atoms with van der Waals surface area (Å²) >= 11 is 0. The minimum Gasteiger partial charge on any atom is -0.481 e. The van der Waals surface area contributed by atoms with Crippen LogP contribution in [-0.2, 0) is 11.0 Å². The summed E-state index contributed by atoms with van der Waals surface area (Å²) in [6, 6.07) is 7.12. The van der Waals surface area contributed by atoms with E-state index in [9.17, 15) is 23.1 Å². The van der Waals surface area contributed by atoms with Gasteiger partial charge in [-0.05, 0) is 61.8 Å². The smallest absolute Gasteiger partial charge is 0.416 e. The van der Waals surface area contributed by atoms with E-state index in [1.165, 1.54) is 18.2 Å². The van der Waals surface area contributed by atoms with Crippen LogP contribution in [0.3, 0.4) is 0 Å². The molecular formula is C24H36F3NO2Si. The molecule has 7 heteroatoms. The Morgan fingerprint density at radius 3 is 2.35 bits per heavy atom. The number of carboxylic acids is 1. The molecule has 4 atom stereocenters. The molecule has 1 saturated heterocycles. The number of alkyl halides is 3. The highest BCUT2D eigenvalue weighted by Crippen LogP contribution is 2.48. The zero-order valence-corrected chi connectivity index (χ0v) is 19.9. The van der Waals surface area contributed by atoms with E-state index in [1.807, 2.05) is 0 Å². The summed E-state index contributed by atoms with van der Waals surface area (Å²) < 4.78 is 39.2. The predicted molar refractivity (Wildman–Crippen MR) is 120 cm³/mol. The number of hydrogen-bond donors (Lipinski definition) is 1. The van der Waals surface area contributed by atoms with Crippen molar-refractivity contribution in [2.45, 2.75) is 88.9 Å². The molecule has 1 saturated carbocycles. The standard InChI is InChI=1S/C24H36F3NO2Si/c1-31(2,3)14-6-13-28-21-8-5-4-7-20(21)18(16-23(29)30)15-22(28)17-9-11-19(12-10-17)24(25,26)27/h9-12,18,20-22H,4-8,13-16H2,1-3H3,(H,29,30)/t18-,20+,21+,22+/m1/s1. The van der Waals surface area contributed by atoms with Crippen molar-refractivity contribution in [2.75, 3.05) is 6.54 Å². The van der Waals surface area contributed by atoms with Crippen LogP contribution in [0.2, 0.25) is 25.7 Å². The summed E-state index contributed by atoms with van der Waals surface area (Å²) in [5.74, 6) is -0.307. The third kappa shape index (κ3) is 6.34. The van der Waals surface area contributed by atoms with Crippen molar-refractivity contribution in [3.63, 3.8) is 0 Å². The number of carboxylic acid groups (broad SMARTS) is 1. The summed E-state index contributed by atoms with van der Waals surface area (Å²) in [5.41, 5.74) is 0.260. The van der Waals surface area contributed by atoms with Gasteiger partial charge in [-0.1, -0.05) is 50.7 Å². The van der Waals surface area contributed by atoms with Gasteiger partial charge in [0, 0.05) is 26.6 Å². The molecule has 0 unspecified atom stereocenters. The van der Waals surface area contributed by atoms with Crippen LogP contribution in [0.4, 0.5) is 13.2 Å². The Morgan fingerprint density at radius 1 is 1.13 bits per heavy atom. The Morgan fingerprint density at radius 2 is 1.77 bits per heavy atom. The highest BCUT2D eigenvalue weighted by Gasteiger charge is 2.44. The van der Waals surface area contributed by atoms with Crippen molar-refractivity contribution in [3.8, 4) is 0 Å². The molecule has 3 rings (SSSR count). The van der Waals surface area contributed by atoms with Gasteiger partial charge in [-0.15, -0.1) is 0 Å². The lowest BCUT2D eigenvalue weighted by Gasteiger charge is -2.52.